The van der Waals surface area contributed by atoms with E-state index in [0.29, 0.717) is 18.7 Å². The van der Waals surface area contributed by atoms with Crippen molar-refractivity contribution in [2.24, 2.45) is 5.92 Å². The van der Waals surface area contributed by atoms with Gasteiger partial charge in [0, 0.05) is 47.1 Å². The molecule has 1 N–H and O–H groups in total. The van der Waals surface area contributed by atoms with Crippen LogP contribution >= 0.6 is 0 Å². The van der Waals surface area contributed by atoms with E-state index in [1.165, 1.54) is 27.8 Å². The van der Waals surface area contributed by atoms with Gasteiger partial charge in [0.05, 0.1) is 11.1 Å². The van der Waals surface area contributed by atoms with E-state index in [4.69, 9.17) is 0 Å². The molecule has 4 nitrogen and oxygen atoms in total. The van der Waals surface area contributed by atoms with Gasteiger partial charge in [0.15, 0.2) is 0 Å². The SMILES string of the molecule is O=C1NCc2c3c4c5c(c21)c1ccccc1n5C1CC(=O)C(C1)C4Cc1ccccc1-3. The van der Waals surface area contributed by atoms with Gasteiger partial charge < -0.3 is 9.88 Å². The van der Waals surface area contributed by atoms with Gasteiger partial charge in [-0.1, -0.05) is 42.5 Å². The van der Waals surface area contributed by atoms with Crippen molar-refractivity contribution in [3.05, 3.63) is 70.8 Å². The average molecular weight is 404 g/mol. The normalized spacial score (nSPS) is 25.0. The Morgan fingerprint density at radius 1 is 0.903 bits per heavy atom. The molecule has 3 atom stereocenters. The summed E-state index contributed by atoms with van der Waals surface area (Å²) in [5.74, 6) is 0.705. The van der Waals surface area contributed by atoms with Crippen LogP contribution in [0.3, 0.4) is 0 Å². The topological polar surface area (TPSA) is 51.1 Å². The largest absolute Gasteiger partial charge is 0.348 e. The molecule has 1 fully saturated rings. The van der Waals surface area contributed by atoms with Crippen LogP contribution in [0.1, 0.15) is 51.8 Å². The third-order valence-corrected chi connectivity index (χ3v) is 8.27. The van der Waals surface area contributed by atoms with Crippen LogP contribution < -0.4 is 5.32 Å². The van der Waals surface area contributed by atoms with Crippen molar-refractivity contribution in [3.8, 4) is 11.1 Å². The van der Waals surface area contributed by atoms with E-state index < -0.39 is 0 Å². The van der Waals surface area contributed by atoms with Crippen LogP contribution in [0.15, 0.2) is 48.5 Å². The molecule has 31 heavy (non-hydrogen) atoms. The van der Waals surface area contributed by atoms with Gasteiger partial charge in [-0.05, 0) is 46.7 Å². The van der Waals surface area contributed by atoms with Gasteiger partial charge in [-0.3, -0.25) is 9.59 Å². The number of aromatic nitrogens is 1. The minimum Gasteiger partial charge on any atom is -0.348 e. The van der Waals surface area contributed by atoms with E-state index in [1.54, 1.807) is 0 Å². The Balaban J connectivity index is 1.69. The molecule has 150 valence electrons. The molecular weight excluding hydrogens is 384 g/mol. The lowest BCUT2D eigenvalue weighted by Crippen LogP contribution is -2.24. The molecule has 1 amide bonds. The first kappa shape index (κ1) is 16.3. The second-order valence-corrected chi connectivity index (χ2v) is 9.57. The zero-order chi connectivity index (χ0) is 20.4. The second-order valence-electron chi connectivity index (χ2n) is 9.57. The van der Waals surface area contributed by atoms with Gasteiger partial charge in [0.25, 0.3) is 5.91 Å². The zero-order valence-corrected chi connectivity index (χ0v) is 16.9. The maximum absolute atomic E-state index is 13.2. The molecule has 3 heterocycles. The van der Waals surface area contributed by atoms with Gasteiger partial charge in [0.2, 0.25) is 0 Å². The molecular formula is C27H20N2O2. The molecule has 8 rings (SSSR count). The van der Waals surface area contributed by atoms with E-state index in [9.17, 15) is 9.59 Å². The van der Waals surface area contributed by atoms with Gasteiger partial charge in [0.1, 0.15) is 5.78 Å². The Morgan fingerprint density at radius 3 is 2.68 bits per heavy atom. The fourth-order valence-corrected chi connectivity index (χ4v) is 7.17. The fraction of sp³-hybridized carbons (Fsp3) is 0.259. The molecule has 4 aromatic rings. The highest BCUT2D eigenvalue weighted by molar-refractivity contribution is 6.23. The van der Waals surface area contributed by atoms with E-state index >= 15 is 0 Å². The van der Waals surface area contributed by atoms with E-state index in [-0.39, 0.29) is 23.8 Å². The maximum atomic E-state index is 13.2. The number of hydrogen-bond donors (Lipinski definition) is 1. The van der Waals surface area contributed by atoms with Crippen LogP contribution in [-0.4, -0.2) is 16.3 Å². The van der Waals surface area contributed by atoms with Crippen molar-refractivity contribution in [3.63, 3.8) is 0 Å². The number of carbonyl (C=O) groups excluding carboxylic acids is 2. The number of rotatable bonds is 0. The summed E-state index contributed by atoms with van der Waals surface area (Å²) in [6, 6.07) is 17.2. The molecule has 0 saturated heterocycles. The molecule has 1 aromatic heterocycles. The van der Waals surface area contributed by atoms with Crippen LogP contribution in [0.2, 0.25) is 0 Å². The Kier molecular flexibility index (Phi) is 2.76. The third kappa shape index (κ3) is 1.76. The lowest BCUT2D eigenvalue weighted by molar-refractivity contribution is -0.121. The Bertz CT molecular complexity index is 1530. The molecule has 4 heteroatoms. The average Bonchev–Trinajstić information content (AvgIpc) is 3.43. The summed E-state index contributed by atoms with van der Waals surface area (Å²) >= 11 is 0. The van der Waals surface area contributed by atoms with Crippen LogP contribution in [0.25, 0.3) is 32.9 Å². The molecule has 1 saturated carbocycles. The minimum atomic E-state index is 0.0331. The van der Waals surface area contributed by atoms with Crippen molar-refractivity contribution in [2.45, 2.75) is 37.8 Å². The van der Waals surface area contributed by atoms with Gasteiger partial charge in [-0.15, -0.1) is 0 Å². The summed E-state index contributed by atoms with van der Waals surface area (Å²) in [5.41, 5.74) is 9.43. The molecule has 0 spiro atoms. The Hall–Kier alpha value is -3.40. The number of carbonyl (C=O) groups is 2. The lowest BCUT2D eigenvalue weighted by atomic mass is 9.70. The first-order chi connectivity index (χ1) is 15.2. The Morgan fingerprint density at radius 2 is 1.74 bits per heavy atom. The third-order valence-electron chi connectivity index (χ3n) is 8.27. The van der Waals surface area contributed by atoms with Crippen molar-refractivity contribution in [2.75, 3.05) is 0 Å². The standard InChI is InChI=1S/C27H20N2O2/c30-21-11-14-10-17(21)18-9-13-5-1-2-6-15(13)22-19-12-28-27(31)25(19)23-16-7-3-4-8-20(16)29(14)26(23)24(18)22/h1-8,14,17-18H,9-12H2,(H,28,31). The summed E-state index contributed by atoms with van der Waals surface area (Å²) < 4.78 is 2.43. The van der Waals surface area contributed by atoms with Crippen LogP contribution in [0, 0.1) is 5.92 Å². The van der Waals surface area contributed by atoms with Gasteiger partial charge in [-0.25, -0.2) is 0 Å². The number of benzene rings is 3. The highest BCUT2D eigenvalue weighted by Crippen LogP contribution is 2.57. The van der Waals surface area contributed by atoms with E-state index in [2.05, 4.69) is 58.4 Å². The monoisotopic (exact) mass is 404 g/mol. The first-order valence-electron chi connectivity index (χ1n) is 11.2. The first-order valence-corrected chi connectivity index (χ1v) is 11.2. The van der Waals surface area contributed by atoms with Crippen molar-refractivity contribution in [1.29, 1.82) is 0 Å². The quantitative estimate of drug-likeness (QED) is 0.454. The molecule has 3 unspecified atom stereocenters. The maximum Gasteiger partial charge on any atom is 0.252 e. The number of nitrogens with one attached hydrogen (secondary N) is 1. The summed E-state index contributed by atoms with van der Waals surface area (Å²) in [7, 11) is 0. The number of para-hydroxylation sites is 1. The number of amides is 1. The Labute approximate surface area is 178 Å². The van der Waals surface area contributed by atoms with Crippen molar-refractivity contribution < 1.29 is 9.59 Å². The summed E-state index contributed by atoms with van der Waals surface area (Å²) in [4.78, 5) is 26.4. The number of hydrogen-bond acceptors (Lipinski definition) is 2. The predicted octanol–water partition coefficient (Wildman–Crippen LogP) is 4.88. The van der Waals surface area contributed by atoms with E-state index in [1.807, 2.05) is 0 Å². The number of fused-ring (bicyclic) bond motifs is 12. The summed E-state index contributed by atoms with van der Waals surface area (Å²) in [6.07, 6.45) is 2.42. The molecule has 4 aliphatic rings. The lowest BCUT2D eigenvalue weighted by Gasteiger charge is -2.33. The minimum absolute atomic E-state index is 0.0331. The van der Waals surface area contributed by atoms with Crippen LogP contribution in [-0.2, 0) is 17.8 Å². The van der Waals surface area contributed by atoms with E-state index in [0.717, 1.165) is 40.3 Å². The second kappa shape index (κ2) is 5.25. The molecule has 2 aliphatic carbocycles. The summed E-state index contributed by atoms with van der Waals surface area (Å²) in [6.45, 7) is 0.565. The van der Waals surface area contributed by atoms with Crippen molar-refractivity contribution in [1.82, 2.24) is 9.88 Å². The number of nitrogens with zero attached hydrogens (tertiary/aromatic N) is 1. The fourth-order valence-electron chi connectivity index (χ4n) is 7.17. The molecule has 0 radical (unpaired) electrons. The van der Waals surface area contributed by atoms with Crippen LogP contribution in [0.4, 0.5) is 0 Å². The van der Waals surface area contributed by atoms with Gasteiger partial charge in [-0.2, -0.15) is 0 Å². The molecule has 2 aliphatic heterocycles. The predicted molar refractivity (Wildman–Crippen MR) is 119 cm³/mol. The van der Waals surface area contributed by atoms with Gasteiger partial charge >= 0.3 is 0 Å². The highest BCUT2D eigenvalue weighted by Gasteiger charge is 2.48. The highest BCUT2D eigenvalue weighted by atomic mass is 16.2. The smallest absolute Gasteiger partial charge is 0.252 e. The molecule has 2 bridgehead atoms. The molecule has 3 aromatic carbocycles. The zero-order valence-electron chi connectivity index (χ0n) is 16.9. The summed E-state index contributed by atoms with van der Waals surface area (Å²) in [5, 5.41) is 5.36. The number of ketones is 1. The van der Waals surface area contributed by atoms with Crippen LogP contribution in [0.5, 0.6) is 0 Å². The van der Waals surface area contributed by atoms with Crippen molar-refractivity contribution >= 4 is 33.5 Å². The number of Topliss-reactive ketones (excluding diaryl/α,β-unsaturated/α-hetero) is 1.